The fourth-order valence-electron chi connectivity index (χ4n) is 2.09. The Balaban J connectivity index is 2.11. The first-order valence-corrected chi connectivity index (χ1v) is 4.40. The minimum atomic E-state index is 0.230. The van der Waals surface area contributed by atoms with E-state index >= 15 is 0 Å². The molecule has 4 N–H and O–H groups in total. The summed E-state index contributed by atoms with van der Waals surface area (Å²) in [5.74, 6) is 0.569. The van der Waals surface area contributed by atoms with Gasteiger partial charge in [0.15, 0.2) is 0 Å². The molecule has 2 saturated heterocycles. The highest BCUT2D eigenvalue weighted by Crippen LogP contribution is 2.29. The van der Waals surface area contributed by atoms with E-state index in [1.54, 1.807) is 0 Å². The Morgan fingerprint density at radius 1 is 1.09 bits per heavy atom. The predicted molar refractivity (Wildman–Crippen MR) is 43.0 cm³/mol. The van der Waals surface area contributed by atoms with Crippen LogP contribution < -0.4 is 11.5 Å². The summed E-state index contributed by atoms with van der Waals surface area (Å²) in [5, 5.41) is 0. The zero-order chi connectivity index (χ0) is 7.84. The van der Waals surface area contributed by atoms with Crippen LogP contribution in [0, 0.1) is 5.92 Å². The summed E-state index contributed by atoms with van der Waals surface area (Å²) in [6.07, 6.45) is 3.44. The van der Waals surface area contributed by atoms with Crippen molar-refractivity contribution in [2.45, 2.75) is 37.5 Å². The molecule has 3 heteroatoms. The molecule has 0 radical (unpaired) electrons. The van der Waals surface area contributed by atoms with Crippen LogP contribution >= 0.6 is 0 Å². The van der Waals surface area contributed by atoms with E-state index < -0.39 is 0 Å². The molecule has 0 amide bonds. The van der Waals surface area contributed by atoms with Crippen LogP contribution in [-0.2, 0) is 4.74 Å². The van der Waals surface area contributed by atoms with Crippen molar-refractivity contribution in [3.63, 3.8) is 0 Å². The summed E-state index contributed by atoms with van der Waals surface area (Å²) in [6, 6.07) is 0.566. The molecule has 2 heterocycles. The minimum Gasteiger partial charge on any atom is -0.376 e. The molecule has 0 aromatic carbocycles. The van der Waals surface area contributed by atoms with Crippen LogP contribution in [0.1, 0.15) is 19.3 Å². The maximum absolute atomic E-state index is 5.95. The molecular formula is C8H16N2O. The standard InChI is InChI=1S/C8H16N2O/c9-6-2-1-5-4-11-8(6)3-7(5)10/h5-8H,1-4,9-10H2. The second-order valence-electron chi connectivity index (χ2n) is 3.77. The highest BCUT2D eigenvalue weighted by atomic mass is 16.5. The molecule has 3 fully saturated rings. The number of ether oxygens (including phenoxy) is 1. The van der Waals surface area contributed by atoms with E-state index in [1.165, 1.54) is 0 Å². The van der Waals surface area contributed by atoms with Crippen molar-refractivity contribution in [2.75, 3.05) is 6.61 Å². The van der Waals surface area contributed by atoms with Gasteiger partial charge < -0.3 is 16.2 Å². The maximum atomic E-state index is 5.95. The number of fused-ring (bicyclic) bond motifs is 4. The van der Waals surface area contributed by atoms with E-state index in [0.717, 1.165) is 25.9 Å². The quantitative estimate of drug-likeness (QED) is 0.512. The van der Waals surface area contributed by atoms with Crippen LogP contribution in [0.15, 0.2) is 0 Å². The Bertz CT molecular complexity index is 151. The molecule has 4 atom stereocenters. The first-order chi connectivity index (χ1) is 5.27. The molecule has 3 rings (SSSR count). The molecule has 0 aromatic rings. The lowest BCUT2D eigenvalue weighted by Crippen LogP contribution is -2.45. The van der Waals surface area contributed by atoms with Crippen LogP contribution in [0.3, 0.4) is 0 Å². The minimum absolute atomic E-state index is 0.230. The van der Waals surface area contributed by atoms with Gasteiger partial charge in [-0.1, -0.05) is 0 Å². The Morgan fingerprint density at radius 3 is 2.64 bits per heavy atom. The lowest BCUT2D eigenvalue weighted by Gasteiger charge is -2.31. The molecule has 3 nitrogen and oxygen atoms in total. The van der Waals surface area contributed by atoms with Crippen molar-refractivity contribution < 1.29 is 4.74 Å². The highest BCUT2D eigenvalue weighted by Gasteiger charge is 2.35. The Labute approximate surface area is 67.1 Å². The van der Waals surface area contributed by atoms with E-state index in [0.29, 0.717) is 12.0 Å². The molecule has 1 aliphatic carbocycles. The number of hydrogen-bond acceptors (Lipinski definition) is 3. The SMILES string of the molecule is NC1CC2OCC1CCC2N. The van der Waals surface area contributed by atoms with Gasteiger partial charge in [-0.2, -0.15) is 0 Å². The number of hydrogen-bond donors (Lipinski definition) is 2. The van der Waals surface area contributed by atoms with Crippen molar-refractivity contribution in [3.8, 4) is 0 Å². The van der Waals surface area contributed by atoms with Gasteiger partial charge in [0.05, 0.1) is 12.7 Å². The molecular weight excluding hydrogens is 140 g/mol. The molecule has 4 unspecified atom stereocenters. The van der Waals surface area contributed by atoms with Crippen molar-refractivity contribution in [1.29, 1.82) is 0 Å². The van der Waals surface area contributed by atoms with Gasteiger partial charge in [0.2, 0.25) is 0 Å². The summed E-state index contributed by atoms with van der Waals surface area (Å²) < 4.78 is 5.58. The fourth-order valence-corrected chi connectivity index (χ4v) is 2.09. The zero-order valence-electron chi connectivity index (χ0n) is 6.70. The van der Waals surface area contributed by atoms with E-state index in [4.69, 9.17) is 16.2 Å². The second-order valence-corrected chi connectivity index (χ2v) is 3.77. The molecule has 2 aliphatic heterocycles. The molecule has 2 bridgehead atoms. The normalized spacial score (nSPS) is 50.7. The monoisotopic (exact) mass is 156 g/mol. The van der Waals surface area contributed by atoms with Crippen LogP contribution in [0.25, 0.3) is 0 Å². The summed E-state index contributed by atoms with van der Waals surface area (Å²) in [6.45, 7) is 0.833. The Hall–Kier alpha value is -0.120. The van der Waals surface area contributed by atoms with Crippen LogP contribution in [-0.4, -0.2) is 24.8 Å². The van der Waals surface area contributed by atoms with Crippen LogP contribution in [0.2, 0.25) is 0 Å². The van der Waals surface area contributed by atoms with Crippen molar-refractivity contribution in [3.05, 3.63) is 0 Å². The van der Waals surface area contributed by atoms with E-state index in [1.807, 2.05) is 0 Å². The van der Waals surface area contributed by atoms with Gasteiger partial charge in [-0.15, -0.1) is 0 Å². The lowest BCUT2D eigenvalue weighted by molar-refractivity contribution is -0.0185. The topological polar surface area (TPSA) is 61.3 Å². The largest absolute Gasteiger partial charge is 0.376 e. The molecule has 64 valence electrons. The smallest absolute Gasteiger partial charge is 0.0740 e. The van der Waals surface area contributed by atoms with Crippen LogP contribution in [0.4, 0.5) is 0 Å². The molecule has 1 saturated carbocycles. The summed E-state index contributed by atoms with van der Waals surface area (Å²) in [7, 11) is 0. The van der Waals surface area contributed by atoms with E-state index in [2.05, 4.69) is 0 Å². The third-order valence-corrected chi connectivity index (χ3v) is 2.98. The number of nitrogens with two attached hydrogens (primary N) is 2. The van der Waals surface area contributed by atoms with Gasteiger partial charge in [-0.05, 0) is 25.2 Å². The first kappa shape index (κ1) is 7.53. The average molecular weight is 156 g/mol. The third kappa shape index (κ3) is 1.28. The van der Waals surface area contributed by atoms with E-state index in [9.17, 15) is 0 Å². The summed E-state index contributed by atoms with van der Waals surface area (Å²) in [4.78, 5) is 0. The maximum Gasteiger partial charge on any atom is 0.0740 e. The van der Waals surface area contributed by atoms with Gasteiger partial charge in [-0.25, -0.2) is 0 Å². The average Bonchev–Trinajstić information content (AvgIpc) is 2.22. The van der Waals surface area contributed by atoms with Gasteiger partial charge >= 0.3 is 0 Å². The Kier molecular flexibility index (Phi) is 1.87. The summed E-state index contributed by atoms with van der Waals surface area (Å²) >= 11 is 0. The summed E-state index contributed by atoms with van der Waals surface area (Å²) in [5.41, 5.74) is 11.8. The van der Waals surface area contributed by atoms with Gasteiger partial charge in [0, 0.05) is 12.1 Å². The van der Waals surface area contributed by atoms with Crippen molar-refractivity contribution in [1.82, 2.24) is 0 Å². The Morgan fingerprint density at radius 2 is 1.91 bits per heavy atom. The molecule has 0 aromatic heterocycles. The second kappa shape index (κ2) is 2.73. The zero-order valence-corrected chi connectivity index (χ0v) is 6.70. The van der Waals surface area contributed by atoms with Crippen LogP contribution in [0.5, 0.6) is 0 Å². The van der Waals surface area contributed by atoms with Gasteiger partial charge in [0.25, 0.3) is 0 Å². The van der Waals surface area contributed by atoms with Crippen molar-refractivity contribution >= 4 is 0 Å². The highest BCUT2D eigenvalue weighted by molar-refractivity contribution is 4.91. The van der Waals surface area contributed by atoms with Gasteiger partial charge in [-0.3, -0.25) is 0 Å². The van der Waals surface area contributed by atoms with Crippen molar-refractivity contribution in [2.24, 2.45) is 17.4 Å². The molecule has 3 aliphatic rings. The predicted octanol–water partition coefficient (Wildman–Crippen LogP) is -0.160. The molecule has 0 spiro atoms. The number of rotatable bonds is 0. The van der Waals surface area contributed by atoms with Gasteiger partial charge in [0.1, 0.15) is 0 Å². The third-order valence-electron chi connectivity index (χ3n) is 2.98. The first-order valence-electron chi connectivity index (χ1n) is 4.40. The lowest BCUT2D eigenvalue weighted by atomic mass is 9.94. The molecule has 11 heavy (non-hydrogen) atoms. The fraction of sp³-hybridized carbons (Fsp3) is 1.00. The van der Waals surface area contributed by atoms with E-state index in [-0.39, 0.29) is 12.1 Å².